The number of aryl methyl sites for hydroxylation is 2. The number of nitrogens with one attached hydrogen (secondary N) is 2. The van der Waals surface area contributed by atoms with Crippen LogP contribution in [0.1, 0.15) is 29.7 Å². The van der Waals surface area contributed by atoms with Crippen molar-refractivity contribution in [3.05, 3.63) is 87.9 Å². The van der Waals surface area contributed by atoms with Crippen LogP contribution in [0.2, 0.25) is 0 Å². The van der Waals surface area contributed by atoms with Crippen LogP contribution in [0.5, 0.6) is 5.75 Å². The van der Waals surface area contributed by atoms with E-state index < -0.39 is 10.0 Å². The molecule has 8 heteroatoms. The second-order valence-corrected chi connectivity index (χ2v) is 10.1. The normalized spacial score (nSPS) is 12.1. The summed E-state index contributed by atoms with van der Waals surface area (Å²) in [5, 5.41) is 2.87. The number of anilines is 1. The molecule has 2 N–H and O–H groups in total. The molecule has 0 saturated heterocycles. The Bertz CT molecular complexity index is 1190. The van der Waals surface area contributed by atoms with E-state index in [1.807, 2.05) is 57.2 Å². The summed E-state index contributed by atoms with van der Waals surface area (Å²) in [7, 11) is -3.74. The molecular formula is C24H25BrN2O4S. The Kier molecular flexibility index (Phi) is 7.58. The maximum Gasteiger partial charge on any atom is 0.261 e. The smallest absolute Gasteiger partial charge is 0.261 e. The summed E-state index contributed by atoms with van der Waals surface area (Å²) >= 11 is 3.39. The molecule has 0 bridgehead atoms. The molecule has 0 aliphatic carbocycles. The average Bonchev–Trinajstić information content (AvgIpc) is 2.75. The average molecular weight is 517 g/mol. The van der Waals surface area contributed by atoms with Gasteiger partial charge in [-0.15, -0.1) is 0 Å². The van der Waals surface area contributed by atoms with Crippen LogP contribution in [0.15, 0.2) is 76.1 Å². The lowest BCUT2D eigenvalue weighted by atomic mass is 10.1. The van der Waals surface area contributed by atoms with Gasteiger partial charge in [0, 0.05) is 4.47 Å². The Hall–Kier alpha value is -2.84. The minimum atomic E-state index is -3.74. The third-order valence-electron chi connectivity index (χ3n) is 4.89. The lowest BCUT2D eigenvalue weighted by Gasteiger charge is -2.15. The van der Waals surface area contributed by atoms with Gasteiger partial charge in [0.2, 0.25) is 0 Å². The van der Waals surface area contributed by atoms with Gasteiger partial charge in [0.15, 0.2) is 6.61 Å². The monoisotopic (exact) mass is 516 g/mol. The molecule has 6 nitrogen and oxygen atoms in total. The van der Waals surface area contributed by atoms with Crippen LogP contribution in [0.25, 0.3) is 0 Å². The Morgan fingerprint density at radius 2 is 1.66 bits per heavy atom. The van der Waals surface area contributed by atoms with Gasteiger partial charge >= 0.3 is 0 Å². The van der Waals surface area contributed by atoms with Crippen molar-refractivity contribution in [2.45, 2.75) is 31.7 Å². The highest BCUT2D eigenvalue weighted by Gasteiger charge is 2.16. The highest BCUT2D eigenvalue weighted by atomic mass is 79.9. The number of hydrogen-bond acceptors (Lipinski definition) is 4. The first-order valence-corrected chi connectivity index (χ1v) is 12.3. The molecule has 0 heterocycles. The molecule has 1 atom stereocenters. The molecule has 3 aromatic carbocycles. The van der Waals surface area contributed by atoms with Crippen molar-refractivity contribution in [3.8, 4) is 5.75 Å². The van der Waals surface area contributed by atoms with E-state index in [9.17, 15) is 13.2 Å². The first-order valence-electron chi connectivity index (χ1n) is 10.0. The van der Waals surface area contributed by atoms with Crippen molar-refractivity contribution in [2.24, 2.45) is 0 Å². The van der Waals surface area contributed by atoms with Crippen molar-refractivity contribution in [1.29, 1.82) is 0 Å². The van der Waals surface area contributed by atoms with Gasteiger partial charge in [0.1, 0.15) is 5.75 Å². The number of ether oxygens (including phenoxy) is 1. The maximum absolute atomic E-state index is 12.7. The zero-order valence-electron chi connectivity index (χ0n) is 18.1. The number of halogens is 1. The number of rotatable bonds is 8. The molecule has 32 heavy (non-hydrogen) atoms. The van der Waals surface area contributed by atoms with E-state index in [0.717, 1.165) is 21.2 Å². The Morgan fingerprint density at radius 1 is 1.00 bits per heavy atom. The zero-order chi connectivity index (χ0) is 23.3. The molecular weight excluding hydrogens is 492 g/mol. The van der Waals surface area contributed by atoms with Crippen LogP contribution in [0, 0.1) is 13.8 Å². The molecule has 0 radical (unpaired) electrons. The number of hydrogen-bond donors (Lipinski definition) is 2. The first kappa shape index (κ1) is 23.8. The fraction of sp³-hybridized carbons (Fsp3) is 0.208. The molecule has 168 valence electrons. The Morgan fingerprint density at radius 3 is 2.31 bits per heavy atom. The minimum absolute atomic E-state index is 0.110. The largest absolute Gasteiger partial charge is 0.484 e. The second-order valence-electron chi connectivity index (χ2n) is 7.52. The first-order chi connectivity index (χ1) is 15.1. The summed E-state index contributed by atoms with van der Waals surface area (Å²) in [6.45, 7) is 5.47. The fourth-order valence-corrected chi connectivity index (χ4v) is 4.42. The summed E-state index contributed by atoms with van der Waals surface area (Å²) in [5.74, 6) is 0.135. The second kappa shape index (κ2) is 10.2. The minimum Gasteiger partial charge on any atom is -0.484 e. The van der Waals surface area contributed by atoms with Crippen LogP contribution in [-0.4, -0.2) is 20.9 Å². The number of amides is 1. The van der Waals surface area contributed by atoms with Crippen LogP contribution in [0.3, 0.4) is 0 Å². The molecule has 0 aromatic heterocycles. The molecule has 0 aliphatic heterocycles. The van der Waals surface area contributed by atoms with E-state index in [4.69, 9.17) is 4.74 Å². The van der Waals surface area contributed by atoms with E-state index in [1.165, 1.54) is 24.3 Å². The third kappa shape index (κ3) is 6.34. The predicted molar refractivity (Wildman–Crippen MR) is 129 cm³/mol. The van der Waals surface area contributed by atoms with Crippen LogP contribution >= 0.6 is 15.9 Å². The van der Waals surface area contributed by atoms with Gasteiger partial charge in [0.25, 0.3) is 15.9 Å². The number of carbonyl (C=O) groups is 1. The van der Waals surface area contributed by atoms with Gasteiger partial charge in [0.05, 0.1) is 16.6 Å². The van der Waals surface area contributed by atoms with E-state index in [1.54, 1.807) is 6.07 Å². The lowest BCUT2D eigenvalue weighted by Crippen LogP contribution is -2.31. The van der Waals surface area contributed by atoms with Crippen molar-refractivity contribution >= 4 is 37.5 Å². The van der Waals surface area contributed by atoms with Crippen LogP contribution in [0.4, 0.5) is 5.69 Å². The summed E-state index contributed by atoms with van der Waals surface area (Å²) in [6.07, 6.45) is 0. The molecule has 3 rings (SSSR count). The van der Waals surface area contributed by atoms with Gasteiger partial charge in [-0.05, 0) is 79.9 Å². The van der Waals surface area contributed by atoms with Gasteiger partial charge in [-0.3, -0.25) is 9.52 Å². The number of benzene rings is 3. The Labute approximate surface area is 197 Å². The number of carbonyl (C=O) groups excluding carboxylic acids is 1. The predicted octanol–water partition coefficient (Wildman–Crippen LogP) is 5.12. The SMILES string of the molecule is Cc1ccc(C)c(NS(=O)(=O)c2ccc(OCC(=O)N[C@@H](C)c3ccc(Br)cc3)cc2)c1. The summed E-state index contributed by atoms with van der Waals surface area (Å²) in [5.41, 5.74) is 3.32. The molecule has 3 aromatic rings. The fourth-order valence-electron chi connectivity index (χ4n) is 3.03. The van der Waals surface area contributed by atoms with E-state index in [0.29, 0.717) is 11.4 Å². The Balaban J connectivity index is 1.57. The van der Waals surface area contributed by atoms with Crippen molar-refractivity contribution in [1.82, 2.24) is 5.32 Å². The van der Waals surface area contributed by atoms with Crippen molar-refractivity contribution in [3.63, 3.8) is 0 Å². The highest BCUT2D eigenvalue weighted by Crippen LogP contribution is 2.23. The molecule has 0 spiro atoms. The summed E-state index contributed by atoms with van der Waals surface area (Å²) in [4.78, 5) is 12.3. The van der Waals surface area contributed by atoms with Gasteiger partial charge in [-0.1, -0.05) is 40.2 Å². The molecule has 0 fully saturated rings. The van der Waals surface area contributed by atoms with E-state index in [2.05, 4.69) is 26.0 Å². The summed E-state index contributed by atoms with van der Waals surface area (Å²) in [6, 6.07) is 19.1. The maximum atomic E-state index is 12.7. The van der Waals surface area contributed by atoms with Crippen molar-refractivity contribution < 1.29 is 17.9 Å². The molecule has 0 aliphatic rings. The van der Waals surface area contributed by atoms with Gasteiger partial charge in [-0.2, -0.15) is 0 Å². The van der Waals surface area contributed by atoms with Crippen molar-refractivity contribution in [2.75, 3.05) is 11.3 Å². The quantitative estimate of drug-likeness (QED) is 0.434. The van der Waals surface area contributed by atoms with Gasteiger partial charge in [-0.25, -0.2) is 8.42 Å². The summed E-state index contributed by atoms with van der Waals surface area (Å²) < 4.78 is 34.5. The molecule has 0 unspecified atom stereocenters. The third-order valence-corrected chi connectivity index (χ3v) is 6.80. The topological polar surface area (TPSA) is 84.5 Å². The standard InChI is InChI=1S/C24H25BrN2O4S/c1-16-4-5-17(2)23(14-16)27-32(29,30)22-12-10-21(11-13-22)31-15-24(28)26-18(3)19-6-8-20(25)9-7-19/h4-14,18,27H,15H2,1-3H3,(H,26,28)/t18-/m0/s1. The van der Waals surface area contributed by atoms with E-state index >= 15 is 0 Å². The molecule has 1 amide bonds. The van der Waals surface area contributed by atoms with Gasteiger partial charge < -0.3 is 10.1 Å². The van der Waals surface area contributed by atoms with E-state index in [-0.39, 0.29) is 23.5 Å². The highest BCUT2D eigenvalue weighted by molar-refractivity contribution is 9.10. The molecule has 0 saturated carbocycles. The van der Waals surface area contributed by atoms with Crippen LogP contribution in [-0.2, 0) is 14.8 Å². The number of sulfonamides is 1. The van der Waals surface area contributed by atoms with Crippen LogP contribution < -0.4 is 14.8 Å². The lowest BCUT2D eigenvalue weighted by molar-refractivity contribution is -0.123. The zero-order valence-corrected chi connectivity index (χ0v) is 20.5.